The van der Waals surface area contributed by atoms with Crippen LogP contribution in [0.25, 0.3) is 0 Å². The Hall–Kier alpha value is -1.36. The van der Waals surface area contributed by atoms with Crippen molar-refractivity contribution >= 4 is 23.4 Å². The minimum atomic E-state index is -0.834. The first kappa shape index (κ1) is 10.7. The Morgan fingerprint density at radius 1 is 1.57 bits per heavy atom. The molecule has 1 heterocycles. The number of carboxylic acid groups (broad SMARTS) is 1. The van der Waals surface area contributed by atoms with Crippen LogP contribution in [0.4, 0.5) is 5.82 Å². The third kappa shape index (κ3) is 3.18. The number of rotatable bonds is 4. The van der Waals surface area contributed by atoms with Crippen LogP contribution in [0.2, 0.25) is 5.15 Å². The minimum Gasteiger partial charge on any atom is -0.481 e. The van der Waals surface area contributed by atoms with Crippen LogP contribution in [0.1, 0.15) is 6.42 Å². The molecule has 76 valence electrons. The fraction of sp³-hybridized carbons (Fsp3) is 0.375. The number of hydrogen-bond donors (Lipinski definition) is 1. The number of nitrogens with zero attached hydrogens (tertiary/aromatic N) is 3. The average Bonchev–Trinajstić information content (AvgIpc) is 2.15. The van der Waals surface area contributed by atoms with Crippen molar-refractivity contribution in [2.24, 2.45) is 0 Å². The van der Waals surface area contributed by atoms with Gasteiger partial charge in [-0.2, -0.15) is 0 Å². The minimum absolute atomic E-state index is 0.0702. The van der Waals surface area contributed by atoms with Gasteiger partial charge in [0.15, 0.2) is 11.0 Å². The first-order chi connectivity index (χ1) is 6.59. The van der Waals surface area contributed by atoms with Crippen LogP contribution in [0.5, 0.6) is 0 Å². The highest BCUT2D eigenvalue weighted by Gasteiger charge is 2.05. The maximum atomic E-state index is 10.3. The molecule has 1 aromatic heterocycles. The summed E-state index contributed by atoms with van der Waals surface area (Å²) >= 11 is 5.56. The molecule has 0 amide bonds. The Balaban J connectivity index is 2.56. The third-order valence-corrected chi connectivity index (χ3v) is 1.87. The standard InChI is InChI=1S/C8H10ClN3O2/c1-12(5-4-8(13)14)7-3-2-6(9)10-11-7/h2-3H,4-5H2,1H3,(H,13,14). The highest BCUT2D eigenvalue weighted by Crippen LogP contribution is 2.09. The molecule has 0 aliphatic heterocycles. The van der Waals surface area contributed by atoms with Gasteiger partial charge in [-0.05, 0) is 12.1 Å². The summed E-state index contributed by atoms with van der Waals surface area (Å²) in [6, 6.07) is 3.30. The van der Waals surface area contributed by atoms with Crippen LogP contribution in [0.15, 0.2) is 12.1 Å². The second-order valence-electron chi connectivity index (χ2n) is 2.78. The van der Waals surface area contributed by atoms with Gasteiger partial charge in [-0.15, -0.1) is 10.2 Å². The van der Waals surface area contributed by atoms with Crippen molar-refractivity contribution in [2.75, 3.05) is 18.5 Å². The molecule has 0 fully saturated rings. The van der Waals surface area contributed by atoms with E-state index in [-0.39, 0.29) is 6.42 Å². The van der Waals surface area contributed by atoms with E-state index in [4.69, 9.17) is 16.7 Å². The van der Waals surface area contributed by atoms with E-state index < -0.39 is 5.97 Å². The summed E-state index contributed by atoms with van der Waals surface area (Å²) in [5.74, 6) is -0.227. The van der Waals surface area contributed by atoms with E-state index in [0.717, 1.165) is 0 Å². The second kappa shape index (κ2) is 4.76. The molecule has 0 aromatic carbocycles. The molecule has 14 heavy (non-hydrogen) atoms. The van der Waals surface area contributed by atoms with Gasteiger partial charge in [-0.1, -0.05) is 11.6 Å². The number of halogens is 1. The van der Waals surface area contributed by atoms with E-state index in [2.05, 4.69) is 10.2 Å². The van der Waals surface area contributed by atoms with Gasteiger partial charge in [0.2, 0.25) is 0 Å². The Labute approximate surface area is 86.3 Å². The molecule has 0 unspecified atom stereocenters. The number of aromatic nitrogens is 2. The maximum absolute atomic E-state index is 10.3. The van der Waals surface area contributed by atoms with E-state index in [1.807, 2.05) is 0 Å². The van der Waals surface area contributed by atoms with E-state index in [0.29, 0.717) is 17.5 Å². The molecule has 0 saturated carbocycles. The van der Waals surface area contributed by atoms with E-state index >= 15 is 0 Å². The molecule has 0 atom stereocenters. The lowest BCUT2D eigenvalue weighted by atomic mass is 10.4. The number of hydrogen-bond acceptors (Lipinski definition) is 4. The van der Waals surface area contributed by atoms with Crippen LogP contribution in [0, 0.1) is 0 Å². The molecule has 0 spiro atoms. The first-order valence-electron chi connectivity index (χ1n) is 4.02. The highest BCUT2D eigenvalue weighted by molar-refractivity contribution is 6.29. The van der Waals surface area contributed by atoms with E-state index in [9.17, 15) is 4.79 Å². The van der Waals surface area contributed by atoms with Crippen LogP contribution in [0.3, 0.4) is 0 Å². The average molecular weight is 216 g/mol. The summed E-state index contributed by atoms with van der Waals surface area (Å²) < 4.78 is 0. The lowest BCUT2D eigenvalue weighted by molar-refractivity contribution is -0.136. The largest absolute Gasteiger partial charge is 0.481 e. The molecule has 0 radical (unpaired) electrons. The summed E-state index contributed by atoms with van der Waals surface area (Å²) in [7, 11) is 1.75. The Kier molecular flexibility index (Phi) is 3.64. The van der Waals surface area contributed by atoms with Gasteiger partial charge in [-0.3, -0.25) is 4.79 Å². The number of aliphatic carboxylic acids is 1. The fourth-order valence-electron chi connectivity index (χ4n) is 0.890. The van der Waals surface area contributed by atoms with Crippen molar-refractivity contribution in [3.63, 3.8) is 0 Å². The monoisotopic (exact) mass is 215 g/mol. The molecule has 5 nitrogen and oxygen atoms in total. The van der Waals surface area contributed by atoms with Gasteiger partial charge in [0.05, 0.1) is 6.42 Å². The van der Waals surface area contributed by atoms with Gasteiger partial charge >= 0.3 is 5.97 Å². The predicted molar refractivity (Wildman–Crippen MR) is 52.6 cm³/mol. The molecular formula is C8H10ClN3O2. The fourth-order valence-corrected chi connectivity index (χ4v) is 0.991. The maximum Gasteiger partial charge on any atom is 0.305 e. The van der Waals surface area contributed by atoms with Gasteiger partial charge < -0.3 is 10.0 Å². The predicted octanol–water partition coefficient (Wildman–Crippen LogP) is 1.04. The molecule has 0 aliphatic rings. The summed E-state index contributed by atoms with van der Waals surface area (Å²) in [5, 5.41) is 16.3. The third-order valence-electron chi connectivity index (χ3n) is 1.67. The summed E-state index contributed by atoms with van der Waals surface area (Å²) in [5.41, 5.74) is 0. The zero-order chi connectivity index (χ0) is 10.6. The quantitative estimate of drug-likeness (QED) is 0.813. The molecular weight excluding hydrogens is 206 g/mol. The lowest BCUT2D eigenvalue weighted by Crippen LogP contribution is -2.22. The second-order valence-corrected chi connectivity index (χ2v) is 3.17. The van der Waals surface area contributed by atoms with Crippen LogP contribution in [-0.4, -0.2) is 34.9 Å². The molecule has 6 heteroatoms. The summed E-state index contributed by atoms with van der Waals surface area (Å²) in [4.78, 5) is 12.0. The molecule has 0 bridgehead atoms. The van der Waals surface area contributed by atoms with Crippen LogP contribution < -0.4 is 4.90 Å². The van der Waals surface area contributed by atoms with Crippen molar-refractivity contribution in [3.05, 3.63) is 17.3 Å². The molecule has 0 saturated heterocycles. The van der Waals surface area contributed by atoms with Gasteiger partial charge in [0, 0.05) is 13.6 Å². The first-order valence-corrected chi connectivity index (χ1v) is 4.39. The highest BCUT2D eigenvalue weighted by atomic mass is 35.5. The summed E-state index contributed by atoms with van der Waals surface area (Å²) in [6.45, 7) is 0.394. The number of carboxylic acids is 1. The van der Waals surface area contributed by atoms with Gasteiger partial charge in [0.25, 0.3) is 0 Å². The lowest BCUT2D eigenvalue weighted by Gasteiger charge is -2.15. The number of carbonyl (C=O) groups is 1. The SMILES string of the molecule is CN(CCC(=O)O)c1ccc(Cl)nn1. The molecule has 1 rings (SSSR count). The number of anilines is 1. The van der Waals surface area contributed by atoms with Crippen molar-refractivity contribution in [2.45, 2.75) is 6.42 Å². The van der Waals surface area contributed by atoms with Crippen LogP contribution in [-0.2, 0) is 4.79 Å². The van der Waals surface area contributed by atoms with Gasteiger partial charge in [0.1, 0.15) is 0 Å². The van der Waals surface area contributed by atoms with Gasteiger partial charge in [-0.25, -0.2) is 0 Å². The Morgan fingerprint density at radius 3 is 2.79 bits per heavy atom. The van der Waals surface area contributed by atoms with Crippen molar-refractivity contribution in [1.82, 2.24) is 10.2 Å². The summed E-state index contributed by atoms with van der Waals surface area (Å²) in [6.07, 6.45) is 0.0702. The van der Waals surface area contributed by atoms with Crippen molar-refractivity contribution < 1.29 is 9.90 Å². The van der Waals surface area contributed by atoms with E-state index in [1.165, 1.54) is 0 Å². The molecule has 1 N–H and O–H groups in total. The Morgan fingerprint density at radius 2 is 2.29 bits per heavy atom. The van der Waals surface area contributed by atoms with Crippen LogP contribution >= 0.6 is 11.6 Å². The molecule has 0 aliphatic carbocycles. The normalized spacial score (nSPS) is 9.86. The zero-order valence-electron chi connectivity index (χ0n) is 7.64. The smallest absolute Gasteiger partial charge is 0.305 e. The van der Waals surface area contributed by atoms with Crippen molar-refractivity contribution in [3.8, 4) is 0 Å². The zero-order valence-corrected chi connectivity index (χ0v) is 8.40. The van der Waals surface area contributed by atoms with E-state index in [1.54, 1.807) is 24.1 Å². The molecule has 1 aromatic rings. The topological polar surface area (TPSA) is 66.3 Å². The Bertz CT molecular complexity index is 315. The van der Waals surface area contributed by atoms with Crippen molar-refractivity contribution in [1.29, 1.82) is 0 Å².